The number of hydrogen-bond acceptors (Lipinski definition) is 5. The Morgan fingerprint density at radius 3 is 2.47 bits per heavy atom. The lowest BCUT2D eigenvalue weighted by Crippen LogP contribution is -1.86. The molecule has 19 heavy (non-hydrogen) atoms. The number of thiazole rings is 1. The molecule has 0 aliphatic carbocycles. The Kier molecular flexibility index (Phi) is 3.01. The maximum Gasteiger partial charge on any atom is 0.188 e. The van der Waals surface area contributed by atoms with Gasteiger partial charge in [0, 0.05) is 23.3 Å². The minimum atomic E-state index is 0.632. The van der Waals surface area contributed by atoms with Gasteiger partial charge in [-0.15, -0.1) is 11.3 Å². The average Bonchev–Trinajstić information content (AvgIpc) is 2.98. The van der Waals surface area contributed by atoms with Crippen LogP contribution in [-0.2, 0) is 0 Å². The van der Waals surface area contributed by atoms with Crippen LogP contribution in [0.25, 0.3) is 22.1 Å². The number of rotatable bonds is 2. The van der Waals surface area contributed by atoms with Gasteiger partial charge in [0.05, 0.1) is 17.3 Å². The van der Waals surface area contributed by atoms with Crippen LogP contribution in [-0.4, -0.2) is 15.0 Å². The molecule has 0 amide bonds. The van der Waals surface area contributed by atoms with E-state index in [0.29, 0.717) is 11.4 Å². The third-order valence-electron chi connectivity index (χ3n) is 2.57. The summed E-state index contributed by atoms with van der Waals surface area (Å²) in [5.74, 6) is 0.632. The molecule has 3 aromatic rings. The van der Waals surface area contributed by atoms with E-state index in [2.05, 4.69) is 21.0 Å². The summed E-state index contributed by atoms with van der Waals surface area (Å²) in [6.07, 6.45) is 3.40. The third-order valence-corrected chi connectivity index (χ3v) is 3.41. The van der Waals surface area contributed by atoms with Gasteiger partial charge >= 0.3 is 0 Å². The highest BCUT2D eigenvalue weighted by Gasteiger charge is 2.08. The molecule has 0 fully saturated rings. The predicted molar refractivity (Wildman–Crippen MR) is 73.3 cm³/mol. The zero-order valence-corrected chi connectivity index (χ0v) is 10.6. The molecule has 3 rings (SSSR count). The highest BCUT2D eigenvalue weighted by Crippen LogP contribution is 2.26. The second-order valence-electron chi connectivity index (χ2n) is 3.80. The molecule has 0 N–H and O–H groups in total. The smallest absolute Gasteiger partial charge is 0.188 e. The van der Waals surface area contributed by atoms with Gasteiger partial charge in [-0.2, -0.15) is 5.26 Å². The summed E-state index contributed by atoms with van der Waals surface area (Å²) in [5, 5.41) is 11.5. The predicted octanol–water partition coefficient (Wildman–Crippen LogP) is 3.14. The van der Waals surface area contributed by atoms with Crippen LogP contribution < -0.4 is 0 Å². The number of nitrogens with zero attached hydrogens (tertiary/aromatic N) is 4. The Morgan fingerprint density at radius 2 is 1.79 bits per heavy atom. The van der Waals surface area contributed by atoms with Gasteiger partial charge in [-0.1, -0.05) is 12.1 Å². The van der Waals surface area contributed by atoms with Crippen LogP contribution in [0.3, 0.4) is 0 Å². The van der Waals surface area contributed by atoms with Gasteiger partial charge < -0.3 is 0 Å². The van der Waals surface area contributed by atoms with Gasteiger partial charge in [0.1, 0.15) is 0 Å². The maximum atomic E-state index is 8.77. The van der Waals surface area contributed by atoms with Crippen molar-refractivity contribution < 1.29 is 0 Å². The average molecular weight is 264 g/mol. The lowest BCUT2D eigenvalue weighted by atomic mass is 10.1. The summed E-state index contributed by atoms with van der Waals surface area (Å²) in [6, 6.07) is 11.2. The van der Waals surface area contributed by atoms with E-state index in [1.807, 2.05) is 17.5 Å². The molecule has 0 aliphatic heterocycles. The highest BCUT2D eigenvalue weighted by atomic mass is 32.1. The van der Waals surface area contributed by atoms with E-state index in [4.69, 9.17) is 5.26 Å². The molecule has 0 saturated heterocycles. The number of hydrogen-bond donors (Lipinski definition) is 0. The van der Waals surface area contributed by atoms with Crippen molar-refractivity contribution in [3.05, 3.63) is 53.7 Å². The molecule has 0 atom stereocenters. The molecule has 5 heteroatoms. The third kappa shape index (κ3) is 2.34. The van der Waals surface area contributed by atoms with Crippen molar-refractivity contribution >= 4 is 11.3 Å². The van der Waals surface area contributed by atoms with Crippen LogP contribution in [0.2, 0.25) is 0 Å². The largest absolute Gasteiger partial charge is 0.234 e. The second-order valence-corrected chi connectivity index (χ2v) is 4.66. The summed E-state index contributed by atoms with van der Waals surface area (Å²) in [6.45, 7) is 0. The van der Waals surface area contributed by atoms with Gasteiger partial charge in [-0.05, 0) is 18.2 Å². The van der Waals surface area contributed by atoms with Gasteiger partial charge in [0.2, 0.25) is 0 Å². The summed E-state index contributed by atoms with van der Waals surface area (Å²) in [5.41, 5.74) is 2.50. The van der Waals surface area contributed by atoms with Crippen molar-refractivity contribution in [2.75, 3.05) is 0 Å². The van der Waals surface area contributed by atoms with Crippen molar-refractivity contribution in [1.82, 2.24) is 15.0 Å². The fourth-order valence-electron chi connectivity index (χ4n) is 1.63. The van der Waals surface area contributed by atoms with E-state index < -0.39 is 0 Å². The molecule has 0 unspecified atom stereocenters. The monoisotopic (exact) mass is 264 g/mol. The Labute approximate surface area is 114 Å². The Morgan fingerprint density at radius 1 is 1.05 bits per heavy atom. The standard InChI is InChI=1S/C14H8N4S/c15-8-10-2-4-11(5-3-10)12-9-19-14(18-12)13-16-6-1-7-17-13/h1-7,9H. The number of benzene rings is 1. The molecular formula is C14H8N4S. The van der Waals surface area contributed by atoms with Crippen molar-refractivity contribution in [2.45, 2.75) is 0 Å². The van der Waals surface area contributed by atoms with Gasteiger partial charge in [0.25, 0.3) is 0 Å². The minimum Gasteiger partial charge on any atom is -0.234 e. The molecule has 4 nitrogen and oxygen atoms in total. The van der Waals surface area contributed by atoms with E-state index in [9.17, 15) is 0 Å². The second kappa shape index (κ2) is 4.96. The summed E-state index contributed by atoms with van der Waals surface area (Å²) in [4.78, 5) is 12.9. The molecule has 1 aromatic carbocycles. The zero-order valence-electron chi connectivity index (χ0n) is 9.82. The molecular weight excluding hydrogens is 256 g/mol. The number of nitriles is 1. The van der Waals surface area contributed by atoms with Gasteiger partial charge in [-0.3, -0.25) is 0 Å². The SMILES string of the molecule is N#Cc1ccc(-c2csc(-c3ncccn3)n2)cc1. The fraction of sp³-hybridized carbons (Fsp3) is 0. The summed E-state index contributed by atoms with van der Waals surface area (Å²) >= 11 is 1.51. The van der Waals surface area contributed by atoms with E-state index in [1.165, 1.54) is 11.3 Å². The minimum absolute atomic E-state index is 0.632. The van der Waals surface area contributed by atoms with Crippen LogP contribution in [0.15, 0.2) is 48.1 Å². The van der Waals surface area contributed by atoms with Crippen LogP contribution in [0.1, 0.15) is 5.56 Å². The first kappa shape index (κ1) is 11.5. The van der Waals surface area contributed by atoms with E-state index in [1.54, 1.807) is 30.6 Å². The van der Waals surface area contributed by atoms with Crippen molar-refractivity contribution in [3.8, 4) is 28.2 Å². The highest BCUT2D eigenvalue weighted by molar-refractivity contribution is 7.13. The molecule has 0 radical (unpaired) electrons. The van der Waals surface area contributed by atoms with Crippen molar-refractivity contribution in [1.29, 1.82) is 5.26 Å². The van der Waals surface area contributed by atoms with Crippen LogP contribution >= 0.6 is 11.3 Å². The first-order valence-electron chi connectivity index (χ1n) is 5.60. The molecule has 0 bridgehead atoms. The van der Waals surface area contributed by atoms with E-state index >= 15 is 0 Å². The lowest BCUT2D eigenvalue weighted by Gasteiger charge is -1.96. The molecule has 0 aliphatic rings. The molecule has 2 aromatic heterocycles. The molecule has 0 spiro atoms. The van der Waals surface area contributed by atoms with Crippen LogP contribution in [0.4, 0.5) is 0 Å². The Hall–Kier alpha value is -2.58. The number of aromatic nitrogens is 3. The van der Waals surface area contributed by atoms with Crippen LogP contribution in [0, 0.1) is 11.3 Å². The summed E-state index contributed by atoms with van der Waals surface area (Å²) in [7, 11) is 0. The Balaban J connectivity index is 1.95. The Bertz CT molecular complexity index is 726. The van der Waals surface area contributed by atoms with E-state index in [0.717, 1.165) is 16.3 Å². The first-order valence-corrected chi connectivity index (χ1v) is 6.48. The zero-order chi connectivity index (χ0) is 13.1. The molecule has 2 heterocycles. The van der Waals surface area contributed by atoms with Crippen molar-refractivity contribution in [3.63, 3.8) is 0 Å². The fourth-order valence-corrected chi connectivity index (χ4v) is 2.41. The first-order chi connectivity index (χ1) is 9.36. The van der Waals surface area contributed by atoms with Gasteiger partial charge in [0.15, 0.2) is 10.8 Å². The maximum absolute atomic E-state index is 8.77. The lowest BCUT2D eigenvalue weighted by molar-refractivity contribution is 1.16. The van der Waals surface area contributed by atoms with Crippen LogP contribution in [0.5, 0.6) is 0 Å². The molecule has 0 saturated carbocycles. The van der Waals surface area contributed by atoms with E-state index in [-0.39, 0.29) is 0 Å². The van der Waals surface area contributed by atoms with Crippen molar-refractivity contribution in [2.24, 2.45) is 0 Å². The quantitative estimate of drug-likeness (QED) is 0.713. The van der Waals surface area contributed by atoms with Gasteiger partial charge in [-0.25, -0.2) is 15.0 Å². The molecule has 90 valence electrons. The normalized spacial score (nSPS) is 10.1. The topological polar surface area (TPSA) is 62.5 Å². The summed E-state index contributed by atoms with van der Waals surface area (Å²) < 4.78 is 0.